The van der Waals surface area contributed by atoms with Gasteiger partial charge in [-0.25, -0.2) is 19.4 Å². The number of carbonyl (C=O) groups is 1. The summed E-state index contributed by atoms with van der Waals surface area (Å²) in [5, 5.41) is 16.4. The van der Waals surface area contributed by atoms with Crippen molar-refractivity contribution in [1.82, 2.24) is 19.7 Å². The molecule has 0 bridgehead atoms. The third kappa shape index (κ3) is 3.67. The van der Waals surface area contributed by atoms with E-state index in [1.165, 1.54) is 11.8 Å². The number of rotatable bonds is 2. The van der Waals surface area contributed by atoms with Crippen molar-refractivity contribution < 1.29 is 9.90 Å². The first kappa shape index (κ1) is 20.1. The van der Waals surface area contributed by atoms with Crippen LogP contribution in [0.1, 0.15) is 52.7 Å². The summed E-state index contributed by atoms with van der Waals surface area (Å²) >= 11 is 5.94. The van der Waals surface area contributed by atoms with Crippen LogP contribution in [-0.4, -0.2) is 30.9 Å². The van der Waals surface area contributed by atoms with Crippen molar-refractivity contribution in [3.05, 3.63) is 40.8 Å². The second-order valence-electron chi connectivity index (χ2n) is 8.76. The highest BCUT2D eigenvalue weighted by Gasteiger charge is 2.30. The van der Waals surface area contributed by atoms with Gasteiger partial charge in [-0.3, -0.25) is 5.32 Å². The molecule has 2 N–H and O–H groups in total. The number of hydrogen-bond donors (Lipinski definition) is 2. The van der Waals surface area contributed by atoms with Crippen LogP contribution in [0.25, 0.3) is 16.7 Å². The van der Waals surface area contributed by atoms with Crippen LogP contribution in [0.15, 0.2) is 24.4 Å². The predicted molar refractivity (Wildman–Crippen MR) is 111 cm³/mol. The van der Waals surface area contributed by atoms with Gasteiger partial charge in [0, 0.05) is 0 Å². The summed E-state index contributed by atoms with van der Waals surface area (Å²) in [6.07, 6.45) is 0.278. The molecule has 0 saturated heterocycles. The maximum Gasteiger partial charge on any atom is 0.410 e. The number of halogens is 1. The Morgan fingerprint density at radius 1 is 1.14 bits per heavy atom. The number of nitrogens with zero attached hydrogens (tertiary/aromatic N) is 4. The van der Waals surface area contributed by atoms with Crippen molar-refractivity contribution in [2.45, 2.75) is 52.4 Å². The van der Waals surface area contributed by atoms with Crippen LogP contribution in [0.5, 0.6) is 0 Å². The molecule has 148 valence electrons. The molecule has 7 nitrogen and oxygen atoms in total. The van der Waals surface area contributed by atoms with Gasteiger partial charge in [0.25, 0.3) is 0 Å². The summed E-state index contributed by atoms with van der Waals surface area (Å²) in [6.45, 7) is 12.9. The number of fused-ring (bicyclic) bond motifs is 1. The van der Waals surface area contributed by atoms with Gasteiger partial charge in [-0.15, -0.1) is 0 Å². The molecule has 2 heterocycles. The van der Waals surface area contributed by atoms with Gasteiger partial charge in [0.15, 0.2) is 5.82 Å². The molecule has 0 aliphatic rings. The van der Waals surface area contributed by atoms with E-state index in [9.17, 15) is 9.90 Å². The minimum atomic E-state index is -1.21. The minimum Gasteiger partial charge on any atom is -0.465 e. The van der Waals surface area contributed by atoms with Gasteiger partial charge in [0.05, 0.1) is 11.9 Å². The number of nitrogens with one attached hydrogen (secondary N) is 1. The fraction of sp³-hybridized carbons (Fsp3) is 0.400. The Morgan fingerprint density at radius 2 is 1.82 bits per heavy atom. The van der Waals surface area contributed by atoms with Crippen molar-refractivity contribution >= 4 is 34.5 Å². The summed E-state index contributed by atoms with van der Waals surface area (Å²) in [4.78, 5) is 19.6. The Hall–Kier alpha value is -2.67. The lowest BCUT2D eigenvalue weighted by Crippen LogP contribution is -2.25. The first-order chi connectivity index (χ1) is 12.9. The molecular formula is C20H24ClN5O2. The van der Waals surface area contributed by atoms with E-state index in [4.69, 9.17) is 11.6 Å². The van der Waals surface area contributed by atoms with Crippen LogP contribution >= 0.6 is 11.6 Å². The number of benzene rings is 1. The monoisotopic (exact) mass is 401 g/mol. The lowest BCUT2D eigenvalue weighted by Gasteiger charge is -2.32. The summed E-state index contributed by atoms with van der Waals surface area (Å²) in [5.41, 5.74) is 3.54. The van der Waals surface area contributed by atoms with Crippen LogP contribution < -0.4 is 5.32 Å². The second kappa shape index (κ2) is 6.74. The molecule has 2 aromatic heterocycles. The Morgan fingerprint density at radius 3 is 2.39 bits per heavy atom. The van der Waals surface area contributed by atoms with Crippen LogP contribution in [0.4, 0.5) is 10.6 Å². The quantitative estimate of drug-likeness (QED) is 0.579. The molecule has 3 rings (SSSR count). The fourth-order valence-corrected chi connectivity index (χ4v) is 3.51. The summed E-state index contributed by atoms with van der Waals surface area (Å²) in [7, 11) is 0. The molecule has 0 radical (unpaired) electrons. The van der Waals surface area contributed by atoms with E-state index in [-0.39, 0.29) is 21.9 Å². The molecule has 0 saturated carbocycles. The third-order valence-electron chi connectivity index (χ3n) is 4.44. The van der Waals surface area contributed by atoms with Crippen molar-refractivity contribution in [3.63, 3.8) is 0 Å². The zero-order chi connectivity index (χ0) is 20.9. The smallest absolute Gasteiger partial charge is 0.410 e. The Kier molecular flexibility index (Phi) is 4.83. The highest BCUT2D eigenvalue weighted by atomic mass is 35.5. The molecule has 0 spiro atoms. The van der Waals surface area contributed by atoms with Gasteiger partial charge in [0.1, 0.15) is 11.0 Å². The normalized spacial score (nSPS) is 12.4. The van der Waals surface area contributed by atoms with Crippen molar-refractivity contribution in [3.8, 4) is 5.69 Å². The zero-order valence-corrected chi connectivity index (χ0v) is 17.6. The highest BCUT2D eigenvalue weighted by molar-refractivity contribution is 6.28. The molecule has 0 aliphatic carbocycles. The lowest BCUT2D eigenvalue weighted by atomic mass is 9.74. The van der Waals surface area contributed by atoms with Crippen LogP contribution in [0.2, 0.25) is 5.28 Å². The second-order valence-corrected chi connectivity index (χ2v) is 9.10. The maximum atomic E-state index is 11.5. The molecule has 0 atom stereocenters. The van der Waals surface area contributed by atoms with E-state index < -0.39 is 6.09 Å². The highest BCUT2D eigenvalue weighted by Crippen LogP contribution is 2.39. The maximum absolute atomic E-state index is 11.5. The number of aromatic nitrogens is 4. The van der Waals surface area contributed by atoms with Gasteiger partial charge in [-0.05, 0) is 39.6 Å². The average Bonchev–Trinajstić information content (AvgIpc) is 2.90. The third-order valence-corrected chi connectivity index (χ3v) is 4.62. The molecule has 0 fully saturated rings. The molecule has 0 aliphatic heterocycles. The van der Waals surface area contributed by atoms with E-state index in [0.29, 0.717) is 11.0 Å². The average molecular weight is 402 g/mol. The number of amides is 1. The number of anilines is 1. The zero-order valence-electron chi connectivity index (χ0n) is 16.8. The molecule has 1 amide bonds. The van der Waals surface area contributed by atoms with E-state index in [0.717, 1.165) is 11.3 Å². The first-order valence-electron chi connectivity index (χ1n) is 8.95. The van der Waals surface area contributed by atoms with E-state index in [2.05, 4.69) is 68.0 Å². The minimum absolute atomic E-state index is 0.0278. The van der Waals surface area contributed by atoms with Crippen molar-refractivity contribution in [1.29, 1.82) is 0 Å². The number of hydrogen-bond acceptors (Lipinski definition) is 4. The van der Waals surface area contributed by atoms with Gasteiger partial charge in [0.2, 0.25) is 5.28 Å². The summed E-state index contributed by atoms with van der Waals surface area (Å²) in [5.74, 6) is 0.239. The van der Waals surface area contributed by atoms with Gasteiger partial charge in [-0.1, -0.05) is 53.7 Å². The Balaban J connectivity index is 2.41. The molecule has 1 aromatic carbocycles. The first-order valence-corrected chi connectivity index (χ1v) is 9.33. The van der Waals surface area contributed by atoms with Gasteiger partial charge < -0.3 is 5.11 Å². The van der Waals surface area contributed by atoms with Crippen LogP contribution in [0.3, 0.4) is 0 Å². The van der Waals surface area contributed by atoms with Gasteiger partial charge in [-0.2, -0.15) is 5.10 Å². The molecule has 28 heavy (non-hydrogen) atoms. The molecule has 8 heteroatoms. The fourth-order valence-electron chi connectivity index (χ4n) is 3.38. The van der Waals surface area contributed by atoms with Crippen LogP contribution in [-0.2, 0) is 10.8 Å². The SMILES string of the molecule is CC(C)(C)c1cccc(-n2nc3cnc(Cl)nc3c2NC(=O)O)c1C(C)(C)C. The topological polar surface area (TPSA) is 92.9 Å². The van der Waals surface area contributed by atoms with E-state index in [1.807, 2.05) is 12.1 Å². The van der Waals surface area contributed by atoms with Crippen molar-refractivity contribution in [2.75, 3.05) is 5.32 Å². The molecular weight excluding hydrogens is 378 g/mol. The summed E-state index contributed by atoms with van der Waals surface area (Å²) < 4.78 is 1.58. The molecule has 3 aromatic rings. The Bertz CT molecular complexity index is 1060. The molecule has 0 unspecified atom stereocenters. The standard InChI is InChI=1S/C20H24ClN5O2/c1-19(2,3)11-8-7-9-13(14(11)20(4,5)6)26-16(24-18(27)28)15-12(25-26)10-22-17(21)23-15/h7-10,24H,1-6H3,(H,27,28). The largest absolute Gasteiger partial charge is 0.465 e. The predicted octanol–water partition coefficient (Wildman–Crippen LogP) is 5.15. The number of carboxylic acid groups (broad SMARTS) is 1. The van der Waals surface area contributed by atoms with Crippen LogP contribution in [0, 0.1) is 0 Å². The lowest BCUT2D eigenvalue weighted by molar-refractivity contribution is 0.209. The van der Waals surface area contributed by atoms with Gasteiger partial charge >= 0.3 is 6.09 Å². The summed E-state index contributed by atoms with van der Waals surface area (Å²) in [6, 6.07) is 6.00. The van der Waals surface area contributed by atoms with E-state index in [1.54, 1.807) is 4.68 Å². The van der Waals surface area contributed by atoms with E-state index >= 15 is 0 Å². The Labute approximate surface area is 168 Å². The van der Waals surface area contributed by atoms with Crippen molar-refractivity contribution in [2.24, 2.45) is 0 Å².